The Morgan fingerprint density at radius 1 is 1.19 bits per heavy atom. The maximum absolute atomic E-state index is 4.73. The van der Waals surface area contributed by atoms with Gasteiger partial charge in [-0.1, -0.05) is 38.3 Å². The number of hydrogen-bond acceptors (Lipinski definition) is 1. The number of fused-ring (bicyclic) bond motifs is 1. The van der Waals surface area contributed by atoms with Crippen LogP contribution in [0.1, 0.15) is 44.3 Å². The van der Waals surface area contributed by atoms with Crippen LogP contribution >= 0.6 is 0 Å². The molecule has 0 spiro atoms. The minimum atomic E-state index is 0.640. The first kappa shape index (κ1) is 9.88. The van der Waals surface area contributed by atoms with E-state index in [0.29, 0.717) is 5.92 Å². The van der Waals surface area contributed by atoms with Crippen LogP contribution in [0.5, 0.6) is 0 Å². The number of nitrogens with one attached hydrogen (secondary N) is 1. The number of para-hydroxylation sites is 2. The van der Waals surface area contributed by atoms with Gasteiger partial charge in [-0.3, -0.25) is 0 Å². The average Bonchev–Trinajstić information content (AvgIpc) is 2.73. The summed E-state index contributed by atoms with van der Waals surface area (Å²) < 4.78 is 0. The Labute approximate surface area is 96.1 Å². The number of aromatic amines is 1. The van der Waals surface area contributed by atoms with Crippen molar-refractivity contribution < 1.29 is 0 Å². The molecule has 0 amide bonds. The maximum atomic E-state index is 4.73. The third-order valence-corrected chi connectivity index (χ3v) is 3.87. The van der Waals surface area contributed by atoms with E-state index >= 15 is 0 Å². The van der Waals surface area contributed by atoms with E-state index in [1.54, 1.807) is 0 Å². The van der Waals surface area contributed by atoms with Gasteiger partial charge in [0.15, 0.2) is 0 Å². The van der Waals surface area contributed by atoms with Gasteiger partial charge in [0.2, 0.25) is 0 Å². The predicted molar refractivity (Wildman–Crippen MR) is 66.5 cm³/mol. The quantitative estimate of drug-likeness (QED) is 0.767. The maximum Gasteiger partial charge on any atom is 0.110 e. The third kappa shape index (κ3) is 1.62. The van der Waals surface area contributed by atoms with Crippen LogP contribution in [-0.4, -0.2) is 9.97 Å². The molecule has 84 valence electrons. The van der Waals surface area contributed by atoms with Gasteiger partial charge in [0, 0.05) is 5.92 Å². The van der Waals surface area contributed by atoms with Crippen molar-refractivity contribution in [2.24, 2.45) is 5.92 Å². The molecule has 1 fully saturated rings. The van der Waals surface area contributed by atoms with Crippen molar-refractivity contribution in [2.45, 2.75) is 38.5 Å². The minimum absolute atomic E-state index is 0.640. The zero-order valence-electron chi connectivity index (χ0n) is 9.74. The Bertz CT molecular complexity index is 453. The van der Waals surface area contributed by atoms with Gasteiger partial charge in [-0.2, -0.15) is 0 Å². The zero-order valence-corrected chi connectivity index (χ0v) is 9.74. The van der Waals surface area contributed by atoms with E-state index in [2.05, 4.69) is 36.2 Å². The van der Waals surface area contributed by atoms with Crippen molar-refractivity contribution in [2.75, 3.05) is 0 Å². The molecule has 0 aliphatic heterocycles. The molecule has 0 saturated heterocycles. The fraction of sp³-hybridized carbons (Fsp3) is 0.500. The Morgan fingerprint density at radius 2 is 2.00 bits per heavy atom. The van der Waals surface area contributed by atoms with Gasteiger partial charge in [0.05, 0.1) is 11.0 Å². The highest BCUT2D eigenvalue weighted by Gasteiger charge is 2.25. The van der Waals surface area contributed by atoms with Crippen LogP contribution in [0, 0.1) is 5.92 Å². The number of aromatic nitrogens is 2. The van der Waals surface area contributed by atoms with Crippen LogP contribution in [0.2, 0.25) is 0 Å². The van der Waals surface area contributed by atoms with Gasteiger partial charge in [-0.05, 0) is 24.5 Å². The highest BCUT2D eigenvalue weighted by Crippen LogP contribution is 2.36. The number of benzene rings is 1. The molecule has 2 aromatic rings. The first-order chi connectivity index (χ1) is 7.84. The van der Waals surface area contributed by atoms with Crippen LogP contribution < -0.4 is 0 Å². The summed E-state index contributed by atoms with van der Waals surface area (Å²) in [5, 5.41) is 0. The average molecular weight is 214 g/mol. The number of rotatable bonds is 1. The molecule has 0 radical (unpaired) electrons. The molecule has 2 atom stereocenters. The van der Waals surface area contributed by atoms with Gasteiger partial charge in [-0.15, -0.1) is 0 Å². The number of imidazole rings is 1. The second-order valence-corrected chi connectivity index (χ2v) is 5.01. The van der Waals surface area contributed by atoms with E-state index < -0.39 is 0 Å². The molecule has 1 aromatic carbocycles. The second kappa shape index (κ2) is 3.93. The highest BCUT2D eigenvalue weighted by atomic mass is 14.9. The summed E-state index contributed by atoms with van der Waals surface area (Å²) in [7, 11) is 0. The van der Waals surface area contributed by atoms with Crippen molar-refractivity contribution in [3.05, 3.63) is 30.1 Å². The lowest BCUT2D eigenvalue weighted by molar-refractivity contribution is 0.321. The lowest BCUT2D eigenvalue weighted by atomic mass is 9.80. The van der Waals surface area contributed by atoms with E-state index in [1.165, 1.54) is 37.0 Å². The summed E-state index contributed by atoms with van der Waals surface area (Å²) in [5.74, 6) is 2.61. The molecule has 1 aliphatic carbocycles. The normalized spacial score (nSPS) is 26.1. The number of H-pyrrole nitrogens is 1. The molecule has 2 heteroatoms. The molecule has 16 heavy (non-hydrogen) atoms. The summed E-state index contributed by atoms with van der Waals surface area (Å²) in [6, 6.07) is 8.31. The monoisotopic (exact) mass is 214 g/mol. The molecule has 2 nitrogen and oxygen atoms in total. The summed E-state index contributed by atoms with van der Waals surface area (Å²) in [4.78, 5) is 8.22. The summed E-state index contributed by atoms with van der Waals surface area (Å²) >= 11 is 0. The topological polar surface area (TPSA) is 28.7 Å². The number of hydrogen-bond donors (Lipinski definition) is 1. The molecular weight excluding hydrogens is 196 g/mol. The number of nitrogens with zero attached hydrogens (tertiary/aromatic N) is 1. The molecule has 2 unspecified atom stereocenters. The summed E-state index contributed by atoms with van der Waals surface area (Å²) in [6.07, 6.45) is 5.38. The fourth-order valence-electron chi connectivity index (χ4n) is 2.87. The van der Waals surface area contributed by atoms with Crippen molar-refractivity contribution in [1.29, 1.82) is 0 Å². The van der Waals surface area contributed by atoms with E-state index in [4.69, 9.17) is 4.98 Å². The lowest BCUT2D eigenvalue weighted by Gasteiger charge is -2.26. The highest BCUT2D eigenvalue weighted by molar-refractivity contribution is 5.74. The zero-order chi connectivity index (χ0) is 11.0. The van der Waals surface area contributed by atoms with E-state index in [-0.39, 0.29) is 0 Å². The van der Waals surface area contributed by atoms with Crippen LogP contribution in [0.3, 0.4) is 0 Å². The summed E-state index contributed by atoms with van der Waals surface area (Å²) in [6.45, 7) is 2.36. The van der Waals surface area contributed by atoms with Crippen LogP contribution in [0.25, 0.3) is 11.0 Å². The smallest absolute Gasteiger partial charge is 0.110 e. The molecule has 3 rings (SSSR count). The molecule has 1 saturated carbocycles. The summed E-state index contributed by atoms with van der Waals surface area (Å²) in [5.41, 5.74) is 2.28. The van der Waals surface area contributed by atoms with Crippen molar-refractivity contribution in [3.8, 4) is 0 Å². The predicted octanol–water partition coefficient (Wildman–Crippen LogP) is 3.86. The van der Waals surface area contributed by atoms with Crippen LogP contribution in [0.4, 0.5) is 0 Å². The standard InChI is InChI=1S/C14H18N2/c1-10-6-2-3-7-11(10)14-15-12-8-4-5-9-13(12)16-14/h4-5,8-11H,2-3,6-7H2,1H3,(H,15,16). The minimum Gasteiger partial charge on any atom is -0.342 e. The third-order valence-electron chi connectivity index (χ3n) is 3.87. The second-order valence-electron chi connectivity index (χ2n) is 5.01. The Balaban J connectivity index is 1.98. The van der Waals surface area contributed by atoms with Crippen molar-refractivity contribution in [3.63, 3.8) is 0 Å². The van der Waals surface area contributed by atoms with Gasteiger partial charge in [0.25, 0.3) is 0 Å². The first-order valence-electron chi connectivity index (χ1n) is 6.29. The largest absolute Gasteiger partial charge is 0.342 e. The first-order valence-corrected chi connectivity index (χ1v) is 6.29. The Kier molecular flexibility index (Phi) is 2.43. The van der Waals surface area contributed by atoms with Gasteiger partial charge >= 0.3 is 0 Å². The van der Waals surface area contributed by atoms with E-state index in [9.17, 15) is 0 Å². The lowest BCUT2D eigenvalue weighted by Crippen LogP contribution is -2.15. The molecular formula is C14H18N2. The fourth-order valence-corrected chi connectivity index (χ4v) is 2.87. The van der Waals surface area contributed by atoms with E-state index in [0.717, 1.165) is 11.4 Å². The van der Waals surface area contributed by atoms with E-state index in [1.807, 2.05) is 0 Å². The van der Waals surface area contributed by atoms with Crippen LogP contribution in [-0.2, 0) is 0 Å². The Morgan fingerprint density at radius 3 is 2.81 bits per heavy atom. The molecule has 1 aromatic heterocycles. The molecule has 1 aliphatic rings. The molecule has 1 heterocycles. The Hall–Kier alpha value is -1.31. The molecule has 1 N–H and O–H groups in total. The van der Waals surface area contributed by atoms with Gasteiger partial charge < -0.3 is 4.98 Å². The van der Waals surface area contributed by atoms with Gasteiger partial charge in [0.1, 0.15) is 5.82 Å². The SMILES string of the molecule is CC1CCCCC1c1nc2ccccc2[nH]1. The van der Waals surface area contributed by atoms with Gasteiger partial charge in [-0.25, -0.2) is 4.98 Å². The van der Waals surface area contributed by atoms with Crippen molar-refractivity contribution >= 4 is 11.0 Å². The van der Waals surface area contributed by atoms with Crippen molar-refractivity contribution in [1.82, 2.24) is 9.97 Å². The van der Waals surface area contributed by atoms with Crippen LogP contribution in [0.15, 0.2) is 24.3 Å². The molecule has 0 bridgehead atoms.